The predicted octanol–water partition coefficient (Wildman–Crippen LogP) is 6.09. The molecule has 2 aliphatic rings. The van der Waals surface area contributed by atoms with Crippen molar-refractivity contribution in [2.45, 2.75) is 50.1 Å². The molecule has 0 saturated carbocycles. The highest BCUT2D eigenvalue weighted by Crippen LogP contribution is 2.38. The number of benzene rings is 2. The number of nitrogens with one attached hydrogen (secondary N) is 1. The maximum atomic E-state index is 13.4. The lowest BCUT2D eigenvalue weighted by Gasteiger charge is -2.34. The minimum absolute atomic E-state index is 0.0157. The zero-order chi connectivity index (χ0) is 31.2. The van der Waals surface area contributed by atoms with Crippen LogP contribution >= 0.6 is 0 Å². The number of fused-ring (bicyclic) bond motifs is 2. The first-order chi connectivity index (χ1) is 20.9. The van der Waals surface area contributed by atoms with Gasteiger partial charge in [-0.1, -0.05) is 18.2 Å². The van der Waals surface area contributed by atoms with Crippen LogP contribution in [0.15, 0.2) is 59.7 Å². The molecule has 6 rings (SSSR count). The Balaban J connectivity index is 1.21. The van der Waals surface area contributed by atoms with Crippen molar-refractivity contribution in [3.63, 3.8) is 0 Å². The summed E-state index contributed by atoms with van der Waals surface area (Å²) in [5.41, 5.74) is 3.82. The number of hydrogen-bond acceptors (Lipinski definition) is 6. The predicted molar refractivity (Wildman–Crippen MR) is 153 cm³/mol. The molecule has 0 atom stereocenters. The molecular formula is C31H28F5N5O3. The highest BCUT2D eigenvalue weighted by molar-refractivity contribution is 5.92. The topological polar surface area (TPSA) is 100 Å². The molecule has 2 N–H and O–H groups in total. The summed E-state index contributed by atoms with van der Waals surface area (Å²) in [7, 11) is 0. The highest BCUT2D eigenvalue weighted by Gasteiger charge is 2.58. The summed E-state index contributed by atoms with van der Waals surface area (Å²) in [5.74, 6) is -5.89. The van der Waals surface area contributed by atoms with Gasteiger partial charge in [-0.25, -0.2) is 9.78 Å². The number of carboxylic acids is 1. The van der Waals surface area contributed by atoms with E-state index in [-0.39, 0.29) is 36.0 Å². The number of alkyl halides is 5. The molecule has 0 radical (unpaired) electrons. The number of likely N-dealkylation sites (tertiary alicyclic amines) is 1. The standard InChI is InChI=1S/C31H28F5N5O3/c32-30(33,31(34,35)36)17-40-12-10-20(11-13-40)19-4-7-22(8-5-19)38-29-37-15-24-26(42)25(28(43)44)16-41(27(24)39-29)23-9-6-18-2-1-3-21(18)14-23/h4-9,14-16,20H,1-3,10-13,17H2,(H,43,44)(H,37,38,39). The summed E-state index contributed by atoms with van der Waals surface area (Å²) in [4.78, 5) is 34.8. The number of aromatic carboxylic acids is 1. The normalized spacial score (nSPS) is 16.3. The number of rotatable bonds is 7. The van der Waals surface area contributed by atoms with Crippen LogP contribution in [-0.2, 0) is 12.8 Å². The fourth-order valence-corrected chi connectivity index (χ4v) is 5.99. The Kier molecular flexibility index (Phi) is 7.60. The summed E-state index contributed by atoms with van der Waals surface area (Å²) in [6, 6.07) is 13.1. The van der Waals surface area contributed by atoms with Crippen molar-refractivity contribution in [3.8, 4) is 5.69 Å². The smallest absolute Gasteiger partial charge is 0.454 e. The lowest BCUT2D eigenvalue weighted by molar-refractivity contribution is -0.287. The van der Waals surface area contributed by atoms with Gasteiger partial charge < -0.3 is 15.0 Å². The van der Waals surface area contributed by atoms with Crippen LogP contribution < -0.4 is 10.7 Å². The van der Waals surface area contributed by atoms with E-state index in [0.717, 1.165) is 29.7 Å². The Bertz CT molecular complexity index is 1780. The van der Waals surface area contributed by atoms with Gasteiger partial charge in [-0.15, -0.1) is 0 Å². The Hall–Kier alpha value is -4.39. The second kappa shape index (κ2) is 11.3. The number of anilines is 2. The largest absolute Gasteiger partial charge is 0.477 e. The molecular weight excluding hydrogens is 585 g/mol. The summed E-state index contributed by atoms with van der Waals surface area (Å²) >= 11 is 0. The average molecular weight is 614 g/mol. The van der Waals surface area contributed by atoms with Crippen molar-refractivity contribution in [3.05, 3.63) is 87.3 Å². The van der Waals surface area contributed by atoms with Crippen LogP contribution in [0.3, 0.4) is 0 Å². The van der Waals surface area contributed by atoms with E-state index in [1.165, 1.54) is 23.5 Å². The van der Waals surface area contributed by atoms with Crippen molar-refractivity contribution in [2.75, 3.05) is 25.0 Å². The Labute approximate surface area is 248 Å². The molecule has 0 amide bonds. The van der Waals surface area contributed by atoms with Gasteiger partial charge in [0.25, 0.3) is 0 Å². The molecule has 2 aromatic heterocycles. The van der Waals surface area contributed by atoms with Crippen LogP contribution in [0.4, 0.5) is 33.6 Å². The molecule has 4 aromatic rings. The number of hydrogen-bond donors (Lipinski definition) is 2. The van der Waals surface area contributed by atoms with Crippen LogP contribution in [0.5, 0.6) is 0 Å². The lowest BCUT2D eigenvalue weighted by atomic mass is 9.89. The summed E-state index contributed by atoms with van der Waals surface area (Å²) in [5, 5.41) is 12.8. The van der Waals surface area contributed by atoms with Crippen molar-refractivity contribution in [2.24, 2.45) is 0 Å². The van der Waals surface area contributed by atoms with Crippen LogP contribution in [0.2, 0.25) is 0 Å². The van der Waals surface area contributed by atoms with E-state index in [2.05, 4.69) is 15.3 Å². The van der Waals surface area contributed by atoms with E-state index in [0.29, 0.717) is 24.2 Å². The Morgan fingerprint density at radius 2 is 1.70 bits per heavy atom. The second-order valence-corrected chi connectivity index (χ2v) is 11.3. The molecule has 2 aromatic carbocycles. The molecule has 1 fully saturated rings. The molecule has 230 valence electrons. The van der Waals surface area contributed by atoms with E-state index in [9.17, 15) is 36.6 Å². The zero-order valence-corrected chi connectivity index (χ0v) is 23.4. The number of carboxylic acid groups (broad SMARTS) is 1. The molecule has 44 heavy (non-hydrogen) atoms. The van der Waals surface area contributed by atoms with E-state index >= 15 is 0 Å². The van der Waals surface area contributed by atoms with Gasteiger partial charge in [0.2, 0.25) is 11.4 Å². The summed E-state index contributed by atoms with van der Waals surface area (Å²) < 4.78 is 66.2. The molecule has 13 heteroatoms. The summed E-state index contributed by atoms with van der Waals surface area (Å²) in [6.07, 6.45) is 0.855. The van der Waals surface area contributed by atoms with Crippen molar-refractivity contribution >= 4 is 28.6 Å². The van der Waals surface area contributed by atoms with Crippen molar-refractivity contribution in [1.29, 1.82) is 0 Å². The van der Waals surface area contributed by atoms with Gasteiger partial charge in [-0.2, -0.15) is 26.9 Å². The number of nitrogens with zero attached hydrogens (tertiary/aromatic N) is 4. The van der Waals surface area contributed by atoms with Gasteiger partial charge in [-0.3, -0.25) is 9.69 Å². The Morgan fingerprint density at radius 3 is 2.39 bits per heavy atom. The van der Waals surface area contributed by atoms with E-state index in [4.69, 9.17) is 0 Å². The van der Waals surface area contributed by atoms with Gasteiger partial charge in [0.15, 0.2) is 5.65 Å². The highest BCUT2D eigenvalue weighted by atomic mass is 19.4. The van der Waals surface area contributed by atoms with Gasteiger partial charge >= 0.3 is 18.1 Å². The monoisotopic (exact) mass is 613 g/mol. The fraction of sp³-hybridized carbons (Fsp3) is 0.355. The third-order valence-electron chi connectivity index (χ3n) is 8.40. The first-order valence-corrected chi connectivity index (χ1v) is 14.2. The van der Waals surface area contributed by atoms with Gasteiger partial charge in [0.1, 0.15) is 5.56 Å². The fourth-order valence-electron chi connectivity index (χ4n) is 5.99. The quantitative estimate of drug-likeness (QED) is 0.244. The van der Waals surface area contributed by atoms with E-state index in [1.807, 2.05) is 30.3 Å². The lowest BCUT2D eigenvalue weighted by Crippen LogP contribution is -2.48. The molecule has 1 aliphatic heterocycles. The number of pyridine rings is 1. The SMILES string of the molecule is O=C(O)c1cn(-c2ccc3c(c2)CCC3)c2nc(Nc3ccc(C4CCN(CC(F)(F)C(F)(F)F)CC4)cc3)ncc2c1=O. The minimum atomic E-state index is -5.57. The number of halogens is 5. The van der Waals surface area contributed by atoms with E-state index in [1.54, 1.807) is 16.7 Å². The Morgan fingerprint density at radius 1 is 1.00 bits per heavy atom. The molecule has 3 heterocycles. The second-order valence-electron chi connectivity index (χ2n) is 11.3. The molecule has 0 spiro atoms. The van der Waals surface area contributed by atoms with Crippen LogP contribution in [0.25, 0.3) is 16.7 Å². The third kappa shape index (κ3) is 5.75. The van der Waals surface area contributed by atoms with Crippen LogP contribution in [0.1, 0.15) is 52.2 Å². The molecule has 8 nitrogen and oxygen atoms in total. The molecule has 0 bridgehead atoms. The third-order valence-corrected chi connectivity index (χ3v) is 8.40. The van der Waals surface area contributed by atoms with Gasteiger partial charge in [0, 0.05) is 23.8 Å². The maximum Gasteiger partial charge on any atom is 0.454 e. The molecule has 1 saturated heterocycles. The number of aryl methyl sites for hydroxylation is 2. The van der Waals surface area contributed by atoms with Gasteiger partial charge in [-0.05, 0) is 92.1 Å². The minimum Gasteiger partial charge on any atom is -0.477 e. The number of aromatic nitrogens is 3. The van der Waals surface area contributed by atoms with Crippen molar-refractivity contribution < 1.29 is 31.9 Å². The first kappa shape index (κ1) is 29.7. The summed E-state index contributed by atoms with van der Waals surface area (Å²) in [6.45, 7) is -1.07. The molecule has 1 aliphatic carbocycles. The van der Waals surface area contributed by atoms with Gasteiger partial charge in [0.05, 0.1) is 11.9 Å². The van der Waals surface area contributed by atoms with Crippen LogP contribution in [0, 0.1) is 0 Å². The van der Waals surface area contributed by atoms with Crippen molar-refractivity contribution in [1.82, 2.24) is 19.4 Å². The number of carbonyl (C=O) groups is 1. The maximum absolute atomic E-state index is 13.4. The molecule has 0 unspecified atom stereocenters. The average Bonchev–Trinajstić information content (AvgIpc) is 3.45. The van der Waals surface area contributed by atoms with E-state index < -0.39 is 35.6 Å². The number of piperidine rings is 1. The first-order valence-electron chi connectivity index (χ1n) is 14.2. The van der Waals surface area contributed by atoms with Crippen LogP contribution in [-0.4, -0.2) is 62.2 Å². The zero-order valence-electron chi connectivity index (χ0n) is 23.4.